The first kappa shape index (κ1) is 27.4. The highest BCUT2D eigenvalue weighted by Gasteiger charge is 2.64. The molecule has 4 unspecified atom stereocenters. The van der Waals surface area contributed by atoms with Gasteiger partial charge in [0, 0.05) is 18.5 Å². The molecule has 40 heavy (non-hydrogen) atoms. The molecule has 9 heteroatoms. The fourth-order valence-electron chi connectivity index (χ4n) is 6.39. The molecule has 9 nitrogen and oxygen atoms in total. The van der Waals surface area contributed by atoms with Gasteiger partial charge in [-0.15, -0.1) is 0 Å². The van der Waals surface area contributed by atoms with Gasteiger partial charge in [0.05, 0.1) is 11.6 Å². The van der Waals surface area contributed by atoms with Crippen molar-refractivity contribution in [2.75, 3.05) is 21.1 Å². The van der Waals surface area contributed by atoms with Crippen molar-refractivity contribution in [3.8, 4) is 5.75 Å². The van der Waals surface area contributed by atoms with E-state index in [0.717, 1.165) is 16.7 Å². The molecule has 0 spiro atoms. The Kier molecular flexibility index (Phi) is 6.68. The quantitative estimate of drug-likeness (QED) is 0.292. The molecule has 1 saturated carbocycles. The molecule has 1 amide bonds. The first-order chi connectivity index (χ1) is 18.9. The lowest BCUT2D eigenvalue weighted by Crippen LogP contribution is -2.65. The monoisotopic (exact) mass is 544 g/mol. The number of aliphatic hydroxyl groups excluding tert-OH is 2. The molecule has 0 saturated heterocycles. The van der Waals surface area contributed by atoms with E-state index in [1.807, 2.05) is 43.3 Å². The molecule has 3 aliphatic rings. The van der Waals surface area contributed by atoms with Gasteiger partial charge in [0.2, 0.25) is 5.78 Å². The summed E-state index contributed by atoms with van der Waals surface area (Å²) < 4.78 is 0. The number of benzene rings is 2. The Morgan fingerprint density at radius 1 is 1.05 bits per heavy atom. The van der Waals surface area contributed by atoms with Crippen LogP contribution in [0.25, 0.3) is 17.9 Å². The summed E-state index contributed by atoms with van der Waals surface area (Å²) in [6, 6.07) is 10.0. The first-order valence-corrected chi connectivity index (χ1v) is 13.1. The molecule has 0 aromatic heterocycles. The SMILES string of the molecule is CNC(=O)C1=C(O)C2(O)C(=O)C3=C(O)c4c(O)ccc(/C=C/c5ccc(C)cc5)c4CC3CC2C(N(C)C)C1=O. The van der Waals surface area contributed by atoms with E-state index in [1.54, 1.807) is 20.2 Å². The van der Waals surface area contributed by atoms with Gasteiger partial charge in [-0.1, -0.05) is 48.0 Å². The van der Waals surface area contributed by atoms with Gasteiger partial charge in [-0.2, -0.15) is 0 Å². The highest BCUT2D eigenvalue weighted by molar-refractivity contribution is 6.25. The van der Waals surface area contributed by atoms with Crippen LogP contribution in [0.5, 0.6) is 5.75 Å². The predicted molar refractivity (Wildman–Crippen MR) is 149 cm³/mol. The summed E-state index contributed by atoms with van der Waals surface area (Å²) in [5.74, 6) is -6.04. The molecule has 4 atom stereocenters. The van der Waals surface area contributed by atoms with Crippen LogP contribution in [0, 0.1) is 18.8 Å². The minimum Gasteiger partial charge on any atom is -0.508 e. The number of phenolic OH excluding ortho intramolecular Hbond substituents is 1. The van der Waals surface area contributed by atoms with Crippen LogP contribution in [-0.4, -0.2) is 75.6 Å². The molecule has 5 N–H and O–H groups in total. The van der Waals surface area contributed by atoms with Crippen LogP contribution in [0.1, 0.15) is 34.2 Å². The zero-order valence-corrected chi connectivity index (χ0v) is 22.7. The molecule has 5 rings (SSSR count). The summed E-state index contributed by atoms with van der Waals surface area (Å²) in [5.41, 5.74) is 0.0993. The van der Waals surface area contributed by atoms with Crippen LogP contribution < -0.4 is 5.32 Å². The molecular weight excluding hydrogens is 512 g/mol. The summed E-state index contributed by atoms with van der Waals surface area (Å²) >= 11 is 0. The first-order valence-electron chi connectivity index (χ1n) is 13.1. The number of carbonyl (C=O) groups is 3. The highest BCUT2D eigenvalue weighted by Crippen LogP contribution is 2.53. The van der Waals surface area contributed by atoms with Gasteiger partial charge < -0.3 is 25.7 Å². The zero-order chi connectivity index (χ0) is 29.1. The standard InChI is InChI=1S/C31H32N2O7/c1-15-5-7-16(8-6-15)9-10-17-11-12-21(34)23-19(17)13-18-14-20-25(33(3)4)27(36)24(30(39)32-2)29(38)31(20,40)28(37)22(18)26(23)35/h5-12,18,20,25,34-35,38,40H,13-14H2,1-4H3,(H,32,39)/b10-9+. The number of phenols is 1. The molecule has 208 valence electrons. The number of Topliss-reactive ketones (excluding diaryl/α,β-unsaturated/α-hetero) is 2. The van der Waals surface area contributed by atoms with Crippen LogP contribution in [0.2, 0.25) is 0 Å². The molecule has 2 aromatic carbocycles. The van der Waals surface area contributed by atoms with Crippen molar-refractivity contribution in [3.63, 3.8) is 0 Å². The number of fused-ring (bicyclic) bond motifs is 3. The third-order valence-corrected chi connectivity index (χ3v) is 8.38. The predicted octanol–water partition coefficient (Wildman–Crippen LogP) is 2.70. The second kappa shape index (κ2) is 9.76. The summed E-state index contributed by atoms with van der Waals surface area (Å²) in [6.45, 7) is 2.00. The number of aryl methyl sites for hydroxylation is 1. The molecule has 2 aromatic rings. The van der Waals surface area contributed by atoms with E-state index in [9.17, 15) is 34.8 Å². The zero-order valence-electron chi connectivity index (χ0n) is 22.7. The Bertz CT molecular complexity index is 1530. The minimum atomic E-state index is -2.61. The number of ketones is 2. The van der Waals surface area contributed by atoms with Gasteiger partial charge in [-0.25, -0.2) is 0 Å². The topological polar surface area (TPSA) is 147 Å². The van der Waals surface area contributed by atoms with Crippen LogP contribution in [0.3, 0.4) is 0 Å². The Labute approximate surface area is 231 Å². The summed E-state index contributed by atoms with van der Waals surface area (Å²) in [5, 5.41) is 47.3. The Balaban J connectivity index is 1.66. The molecule has 0 radical (unpaired) electrons. The lowest BCUT2D eigenvalue weighted by atomic mass is 9.57. The number of aromatic hydroxyl groups is 1. The molecule has 0 bridgehead atoms. The van der Waals surface area contributed by atoms with Crippen LogP contribution in [0.15, 0.2) is 53.3 Å². The second-order valence-corrected chi connectivity index (χ2v) is 10.9. The van der Waals surface area contributed by atoms with Crippen molar-refractivity contribution < 1.29 is 34.8 Å². The number of likely N-dealkylation sites (N-methyl/N-ethyl adjacent to an activating group) is 2. The van der Waals surface area contributed by atoms with Gasteiger partial charge in [0.15, 0.2) is 11.4 Å². The molecule has 3 aliphatic carbocycles. The second-order valence-electron chi connectivity index (χ2n) is 10.9. The van der Waals surface area contributed by atoms with Gasteiger partial charge in [0.25, 0.3) is 5.91 Å². The number of aliphatic hydroxyl groups is 3. The third-order valence-electron chi connectivity index (χ3n) is 8.38. The molecule has 0 aliphatic heterocycles. The van der Waals surface area contributed by atoms with Crippen molar-refractivity contribution in [1.29, 1.82) is 0 Å². The van der Waals surface area contributed by atoms with E-state index in [0.29, 0.717) is 5.56 Å². The van der Waals surface area contributed by atoms with Crippen molar-refractivity contribution in [3.05, 3.63) is 81.1 Å². The number of amides is 1. The smallest absolute Gasteiger partial charge is 0.258 e. The van der Waals surface area contributed by atoms with E-state index in [-0.39, 0.29) is 29.7 Å². The fraction of sp³-hybridized carbons (Fsp3) is 0.323. The maximum Gasteiger partial charge on any atom is 0.258 e. The van der Waals surface area contributed by atoms with Gasteiger partial charge in [-0.05, 0) is 62.5 Å². The number of hydrogen-bond donors (Lipinski definition) is 5. The van der Waals surface area contributed by atoms with Gasteiger partial charge >= 0.3 is 0 Å². The largest absolute Gasteiger partial charge is 0.508 e. The number of nitrogens with zero attached hydrogens (tertiary/aromatic N) is 1. The van der Waals surface area contributed by atoms with Crippen LogP contribution >= 0.6 is 0 Å². The van der Waals surface area contributed by atoms with E-state index < -0.39 is 58.0 Å². The van der Waals surface area contributed by atoms with Crippen LogP contribution in [-0.2, 0) is 20.8 Å². The fourth-order valence-corrected chi connectivity index (χ4v) is 6.39. The number of hydrogen-bond acceptors (Lipinski definition) is 8. The lowest BCUT2D eigenvalue weighted by molar-refractivity contribution is -0.153. The van der Waals surface area contributed by atoms with Gasteiger partial charge in [0.1, 0.15) is 22.8 Å². The van der Waals surface area contributed by atoms with Crippen molar-refractivity contribution in [1.82, 2.24) is 10.2 Å². The maximum atomic E-state index is 14.0. The van der Waals surface area contributed by atoms with E-state index in [2.05, 4.69) is 5.32 Å². The third kappa shape index (κ3) is 3.96. The van der Waals surface area contributed by atoms with Gasteiger partial charge in [-0.3, -0.25) is 19.3 Å². The van der Waals surface area contributed by atoms with E-state index >= 15 is 0 Å². The number of carbonyl (C=O) groups excluding carboxylic acids is 3. The molecular formula is C31H32N2O7. The molecule has 1 fully saturated rings. The highest BCUT2D eigenvalue weighted by atomic mass is 16.3. The Morgan fingerprint density at radius 2 is 1.73 bits per heavy atom. The Morgan fingerprint density at radius 3 is 2.35 bits per heavy atom. The Hall–Kier alpha value is -4.21. The maximum absolute atomic E-state index is 14.0. The average molecular weight is 545 g/mol. The average Bonchev–Trinajstić information content (AvgIpc) is 2.91. The van der Waals surface area contributed by atoms with Crippen molar-refractivity contribution >= 4 is 35.4 Å². The lowest BCUT2D eigenvalue weighted by Gasteiger charge is -2.50. The van der Waals surface area contributed by atoms with E-state index in [1.165, 1.54) is 18.0 Å². The minimum absolute atomic E-state index is 0.0670. The van der Waals surface area contributed by atoms with Crippen LogP contribution in [0.4, 0.5) is 0 Å². The number of rotatable bonds is 4. The van der Waals surface area contributed by atoms with E-state index in [4.69, 9.17) is 0 Å². The van der Waals surface area contributed by atoms with Crippen molar-refractivity contribution in [2.45, 2.75) is 31.4 Å². The number of nitrogens with one attached hydrogen (secondary N) is 1. The normalized spacial score (nSPS) is 26.2. The molecule has 0 heterocycles. The van der Waals surface area contributed by atoms with Crippen molar-refractivity contribution in [2.24, 2.45) is 11.8 Å². The summed E-state index contributed by atoms with van der Waals surface area (Å²) in [4.78, 5) is 41.5. The summed E-state index contributed by atoms with van der Waals surface area (Å²) in [6.07, 6.45) is 4.10. The summed E-state index contributed by atoms with van der Waals surface area (Å²) in [7, 11) is 4.47.